The summed E-state index contributed by atoms with van der Waals surface area (Å²) >= 11 is 6.69. The lowest BCUT2D eigenvalue weighted by Crippen LogP contribution is -2.31. The number of rotatable bonds is 4. The van der Waals surface area contributed by atoms with Crippen molar-refractivity contribution in [2.24, 2.45) is 5.41 Å². The molecule has 1 aromatic rings. The Balaban J connectivity index is 2.56. The van der Waals surface area contributed by atoms with Gasteiger partial charge in [-0.25, -0.2) is 4.39 Å². The van der Waals surface area contributed by atoms with E-state index in [1.54, 1.807) is 6.07 Å². The zero-order valence-electron chi connectivity index (χ0n) is 11.3. The van der Waals surface area contributed by atoms with Crippen LogP contribution in [0.15, 0.2) is 22.7 Å². The Morgan fingerprint density at radius 1 is 1.42 bits per heavy atom. The number of carbonyl (C=O) groups excluding carboxylic acids is 1. The monoisotopic (exact) mass is 393 g/mol. The van der Waals surface area contributed by atoms with E-state index in [-0.39, 0.29) is 21.7 Å². The van der Waals surface area contributed by atoms with Crippen LogP contribution in [0.25, 0.3) is 0 Å². The lowest BCUT2D eigenvalue weighted by atomic mass is 9.90. The van der Waals surface area contributed by atoms with Crippen LogP contribution in [0.2, 0.25) is 0 Å². The van der Waals surface area contributed by atoms with Crippen molar-refractivity contribution in [1.29, 1.82) is 0 Å². The van der Waals surface area contributed by atoms with Gasteiger partial charge < -0.3 is 5.32 Å². The Morgan fingerprint density at radius 3 is 2.58 bits per heavy atom. The van der Waals surface area contributed by atoms with Crippen LogP contribution in [0.3, 0.4) is 0 Å². The highest BCUT2D eigenvalue weighted by Gasteiger charge is 2.18. The van der Waals surface area contributed by atoms with Crippen molar-refractivity contribution >= 4 is 37.8 Å². The standard InChI is InChI=1S/C14H18Br2FNO/c1-14(2,3)7-10(16)8-18-13(19)11-5-4-9(15)6-12(11)17/h4-6,10H,7-8H2,1-3H3,(H,18,19). The van der Waals surface area contributed by atoms with Gasteiger partial charge >= 0.3 is 0 Å². The number of amides is 1. The summed E-state index contributed by atoms with van der Waals surface area (Å²) in [5.41, 5.74) is 0.250. The Kier molecular flexibility index (Phi) is 5.99. The van der Waals surface area contributed by atoms with Crippen molar-refractivity contribution in [3.8, 4) is 0 Å². The fraction of sp³-hybridized carbons (Fsp3) is 0.500. The third-order valence-corrected chi connectivity index (χ3v) is 3.63. The first-order chi connectivity index (χ1) is 8.69. The zero-order valence-corrected chi connectivity index (χ0v) is 14.4. The normalized spacial score (nSPS) is 13.2. The molecule has 0 bridgehead atoms. The molecular formula is C14H18Br2FNO. The quantitative estimate of drug-likeness (QED) is 0.747. The minimum Gasteiger partial charge on any atom is -0.351 e. The molecule has 0 heterocycles. The molecule has 0 aliphatic heterocycles. The molecule has 106 valence electrons. The molecule has 5 heteroatoms. The first-order valence-electron chi connectivity index (χ1n) is 6.06. The largest absolute Gasteiger partial charge is 0.351 e. The van der Waals surface area contributed by atoms with Crippen LogP contribution in [0.5, 0.6) is 0 Å². The van der Waals surface area contributed by atoms with Gasteiger partial charge in [0.2, 0.25) is 0 Å². The molecule has 0 spiro atoms. The third-order valence-electron chi connectivity index (χ3n) is 2.49. The number of carbonyl (C=O) groups is 1. The second kappa shape index (κ2) is 6.84. The van der Waals surface area contributed by atoms with Crippen molar-refractivity contribution in [2.75, 3.05) is 6.54 Å². The highest BCUT2D eigenvalue weighted by molar-refractivity contribution is 9.10. The number of benzene rings is 1. The van der Waals surface area contributed by atoms with Crippen LogP contribution < -0.4 is 5.32 Å². The first kappa shape index (κ1) is 16.6. The van der Waals surface area contributed by atoms with E-state index in [2.05, 4.69) is 57.9 Å². The minimum absolute atomic E-state index is 0.0682. The van der Waals surface area contributed by atoms with Crippen LogP contribution in [0.4, 0.5) is 4.39 Å². The predicted molar refractivity (Wildman–Crippen MR) is 83.2 cm³/mol. The Bertz CT molecular complexity index is 457. The van der Waals surface area contributed by atoms with Crippen LogP contribution in [-0.4, -0.2) is 17.3 Å². The van der Waals surface area contributed by atoms with Crippen molar-refractivity contribution in [2.45, 2.75) is 32.0 Å². The number of alkyl halides is 1. The van der Waals surface area contributed by atoms with Gasteiger partial charge in [0, 0.05) is 15.8 Å². The van der Waals surface area contributed by atoms with Gasteiger partial charge in [0.05, 0.1) is 5.56 Å². The number of hydrogen-bond donors (Lipinski definition) is 1. The van der Waals surface area contributed by atoms with Crippen LogP contribution in [0.1, 0.15) is 37.6 Å². The fourth-order valence-electron chi connectivity index (χ4n) is 1.71. The lowest BCUT2D eigenvalue weighted by molar-refractivity contribution is 0.0948. The van der Waals surface area contributed by atoms with Gasteiger partial charge in [0.1, 0.15) is 5.82 Å². The molecule has 19 heavy (non-hydrogen) atoms. The van der Waals surface area contributed by atoms with Gasteiger partial charge in [-0.2, -0.15) is 0 Å². The molecule has 0 aliphatic rings. The molecule has 1 N–H and O–H groups in total. The molecule has 0 saturated carbocycles. The molecule has 1 amide bonds. The molecule has 1 unspecified atom stereocenters. The summed E-state index contributed by atoms with van der Waals surface area (Å²) in [6.07, 6.45) is 0.927. The minimum atomic E-state index is -0.520. The molecule has 2 nitrogen and oxygen atoms in total. The van der Waals surface area contributed by atoms with Crippen molar-refractivity contribution < 1.29 is 9.18 Å². The van der Waals surface area contributed by atoms with Gasteiger partial charge in [0.25, 0.3) is 5.91 Å². The molecular weight excluding hydrogens is 377 g/mol. The van der Waals surface area contributed by atoms with Crippen molar-refractivity contribution in [3.05, 3.63) is 34.1 Å². The summed E-state index contributed by atoms with van der Waals surface area (Å²) in [4.78, 5) is 12.0. The van der Waals surface area contributed by atoms with Gasteiger partial charge in [-0.15, -0.1) is 0 Å². The Hall–Kier alpha value is -0.420. The summed E-state index contributed by atoms with van der Waals surface area (Å²) in [6, 6.07) is 4.41. The zero-order chi connectivity index (χ0) is 14.6. The summed E-state index contributed by atoms with van der Waals surface area (Å²) in [5, 5.41) is 2.74. The van der Waals surface area contributed by atoms with Gasteiger partial charge in [-0.3, -0.25) is 4.79 Å². The third kappa shape index (κ3) is 6.04. The van der Waals surface area contributed by atoms with Crippen molar-refractivity contribution in [3.63, 3.8) is 0 Å². The fourth-order valence-corrected chi connectivity index (χ4v) is 3.18. The number of halogens is 3. The topological polar surface area (TPSA) is 29.1 Å². The highest BCUT2D eigenvalue weighted by atomic mass is 79.9. The number of nitrogens with one attached hydrogen (secondary N) is 1. The molecule has 0 fully saturated rings. The molecule has 0 radical (unpaired) electrons. The SMILES string of the molecule is CC(C)(C)CC(Br)CNC(=O)c1ccc(Br)cc1F. The highest BCUT2D eigenvalue weighted by Crippen LogP contribution is 2.24. The van der Waals surface area contributed by atoms with E-state index in [0.29, 0.717) is 11.0 Å². The average Bonchev–Trinajstić information content (AvgIpc) is 2.23. The summed E-state index contributed by atoms with van der Waals surface area (Å²) in [5.74, 6) is -0.905. The van der Waals surface area contributed by atoms with Gasteiger partial charge in [-0.1, -0.05) is 52.6 Å². The van der Waals surface area contributed by atoms with Gasteiger partial charge in [0.15, 0.2) is 0 Å². The second-order valence-electron chi connectivity index (χ2n) is 5.70. The van der Waals surface area contributed by atoms with Crippen LogP contribution >= 0.6 is 31.9 Å². The van der Waals surface area contributed by atoms with Gasteiger partial charge in [-0.05, 0) is 30.0 Å². The van der Waals surface area contributed by atoms with E-state index < -0.39 is 5.82 Å². The lowest BCUT2D eigenvalue weighted by Gasteiger charge is -2.22. The van der Waals surface area contributed by atoms with E-state index in [4.69, 9.17) is 0 Å². The maximum atomic E-state index is 13.6. The summed E-state index contributed by atoms with van der Waals surface area (Å²) < 4.78 is 14.2. The van der Waals surface area contributed by atoms with Crippen LogP contribution in [-0.2, 0) is 0 Å². The molecule has 1 rings (SSSR count). The molecule has 0 aromatic heterocycles. The average molecular weight is 395 g/mol. The molecule has 0 saturated heterocycles. The molecule has 1 atom stereocenters. The Morgan fingerprint density at radius 2 is 2.05 bits per heavy atom. The maximum Gasteiger partial charge on any atom is 0.254 e. The maximum absolute atomic E-state index is 13.6. The van der Waals surface area contributed by atoms with E-state index in [1.807, 2.05) is 0 Å². The van der Waals surface area contributed by atoms with E-state index in [9.17, 15) is 9.18 Å². The van der Waals surface area contributed by atoms with E-state index in [1.165, 1.54) is 12.1 Å². The molecule has 0 aliphatic carbocycles. The summed E-state index contributed by atoms with van der Waals surface area (Å²) in [6.45, 7) is 6.89. The predicted octanol–water partition coefficient (Wildman–Crippen LogP) is 4.52. The smallest absolute Gasteiger partial charge is 0.254 e. The molecule has 1 aromatic carbocycles. The van der Waals surface area contributed by atoms with E-state index >= 15 is 0 Å². The van der Waals surface area contributed by atoms with E-state index in [0.717, 1.165) is 6.42 Å². The first-order valence-corrected chi connectivity index (χ1v) is 7.77. The van der Waals surface area contributed by atoms with Crippen molar-refractivity contribution in [1.82, 2.24) is 5.32 Å². The Labute approximate surface area is 130 Å². The summed E-state index contributed by atoms with van der Waals surface area (Å²) in [7, 11) is 0. The number of hydrogen-bond acceptors (Lipinski definition) is 1. The second-order valence-corrected chi connectivity index (χ2v) is 7.91. The van der Waals surface area contributed by atoms with Crippen LogP contribution in [0, 0.1) is 11.2 Å².